The maximum absolute atomic E-state index is 12.7. The molecule has 6 nitrogen and oxygen atoms in total. The Morgan fingerprint density at radius 2 is 1.88 bits per heavy atom. The number of unbranched alkanes of at least 4 members (excludes halogenated alkanes) is 4. The van der Waals surface area contributed by atoms with Gasteiger partial charge in [0.25, 0.3) is 0 Å². The first-order valence-electron chi connectivity index (χ1n) is 12.0. The Morgan fingerprint density at radius 3 is 2.62 bits per heavy atom. The first-order chi connectivity index (χ1) is 15.6. The number of carbonyl (C=O) groups is 2. The van der Waals surface area contributed by atoms with Crippen LogP contribution in [0.5, 0.6) is 0 Å². The van der Waals surface area contributed by atoms with Gasteiger partial charge in [-0.2, -0.15) is 0 Å². The molecule has 0 amide bonds. The largest absolute Gasteiger partial charge is 0.462 e. The van der Waals surface area contributed by atoms with Crippen molar-refractivity contribution in [3.8, 4) is 0 Å². The quantitative estimate of drug-likeness (QED) is 0.294. The number of benzene rings is 1. The van der Waals surface area contributed by atoms with Crippen molar-refractivity contribution >= 4 is 11.9 Å². The molecule has 4 rings (SSSR count). The zero-order valence-corrected chi connectivity index (χ0v) is 18.9. The summed E-state index contributed by atoms with van der Waals surface area (Å²) in [5, 5.41) is 0. The molecule has 1 aromatic rings. The second kappa shape index (κ2) is 10.6. The summed E-state index contributed by atoms with van der Waals surface area (Å²) in [4.78, 5) is 24.6. The number of rotatable bonds is 10. The van der Waals surface area contributed by atoms with Gasteiger partial charge in [-0.05, 0) is 24.6 Å². The summed E-state index contributed by atoms with van der Waals surface area (Å²) in [7, 11) is 0. The SMILES string of the molecule is CCCCCCCC1(/C=C/[C@@H]2[C@H]3CC(=O)O[C@H]3C[C@H]2OC(=O)c2ccccc2)OCCO1. The summed E-state index contributed by atoms with van der Waals surface area (Å²) in [5.41, 5.74) is 0.523. The van der Waals surface area contributed by atoms with Crippen molar-refractivity contribution in [3.05, 3.63) is 48.0 Å². The van der Waals surface area contributed by atoms with Crippen molar-refractivity contribution in [1.82, 2.24) is 0 Å². The Morgan fingerprint density at radius 1 is 1.12 bits per heavy atom. The van der Waals surface area contributed by atoms with Crippen LogP contribution < -0.4 is 0 Å². The molecule has 0 aromatic heterocycles. The molecule has 4 atom stereocenters. The molecule has 32 heavy (non-hydrogen) atoms. The molecule has 1 aliphatic carbocycles. The van der Waals surface area contributed by atoms with E-state index in [1.807, 2.05) is 30.4 Å². The van der Waals surface area contributed by atoms with E-state index in [4.69, 9.17) is 18.9 Å². The minimum absolute atomic E-state index is 0.00957. The second-order valence-corrected chi connectivity index (χ2v) is 9.05. The molecule has 2 aliphatic heterocycles. The van der Waals surface area contributed by atoms with Crippen molar-refractivity contribution in [2.75, 3.05) is 13.2 Å². The van der Waals surface area contributed by atoms with Crippen LogP contribution in [-0.4, -0.2) is 43.1 Å². The van der Waals surface area contributed by atoms with Crippen LogP contribution in [-0.2, 0) is 23.7 Å². The highest BCUT2D eigenvalue weighted by atomic mass is 16.7. The number of esters is 2. The minimum Gasteiger partial charge on any atom is -0.462 e. The third-order valence-corrected chi connectivity index (χ3v) is 6.80. The van der Waals surface area contributed by atoms with Crippen molar-refractivity contribution < 1.29 is 28.5 Å². The zero-order chi connectivity index (χ0) is 22.4. The van der Waals surface area contributed by atoms with Crippen LogP contribution in [0.25, 0.3) is 0 Å². The monoisotopic (exact) mass is 442 g/mol. The molecule has 3 fully saturated rings. The Labute approximate surface area is 190 Å². The van der Waals surface area contributed by atoms with Crippen LogP contribution in [0, 0.1) is 11.8 Å². The van der Waals surface area contributed by atoms with Crippen molar-refractivity contribution in [1.29, 1.82) is 0 Å². The lowest BCUT2D eigenvalue weighted by Crippen LogP contribution is -2.29. The van der Waals surface area contributed by atoms with Crippen LogP contribution in [0.2, 0.25) is 0 Å². The van der Waals surface area contributed by atoms with Gasteiger partial charge >= 0.3 is 11.9 Å². The van der Waals surface area contributed by atoms with E-state index in [2.05, 4.69) is 6.92 Å². The molecule has 6 heteroatoms. The first kappa shape index (κ1) is 23.0. The van der Waals surface area contributed by atoms with E-state index in [1.54, 1.807) is 12.1 Å². The fourth-order valence-electron chi connectivity index (χ4n) is 5.10. The average molecular weight is 443 g/mol. The van der Waals surface area contributed by atoms with Gasteiger partial charge in [0, 0.05) is 24.7 Å². The Bertz CT molecular complexity index is 798. The minimum atomic E-state index is -0.720. The van der Waals surface area contributed by atoms with Crippen LogP contribution >= 0.6 is 0 Å². The Hall–Kier alpha value is -2.18. The van der Waals surface area contributed by atoms with E-state index in [9.17, 15) is 9.59 Å². The van der Waals surface area contributed by atoms with Crippen LogP contribution in [0.4, 0.5) is 0 Å². The van der Waals surface area contributed by atoms with Crippen molar-refractivity contribution in [2.45, 2.75) is 76.3 Å². The van der Waals surface area contributed by atoms with E-state index in [1.165, 1.54) is 19.3 Å². The third-order valence-electron chi connectivity index (χ3n) is 6.80. The molecule has 0 spiro atoms. The number of ether oxygens (including phenoxy) is 4. The van der Waals surface area contributed by atoms with Gasteiger partial charge in [-0.1, -0.05) is 56.9 Å². The number of fused-ring (bicyclic) bond motifs is 1. The summed E-state index contributed by atoms with van der Waals surface area (Å²) in [6, 6.07) is 8.99. The molecule has 0 N–H and O–H groups in total. The molecule has 0 radical (unpaired) electrons. The summed E-state index contributed by atoms with van der Waals surface area (Å²) < 4.78 is 23.4. The predicted octanol–water partition coefficient (Wildman–Crippen LogP) is 4.82. The zero-order valence-electron chi connectivity index (χ0n) is 18.9. The smallest absolute Gasteiger partial charge is 0.338 e. The molecule has 1 aromatic carbocycles. The Balaban J connectivity index is 1.45. The summed E-state index contributed by atoms with van der Waals surface area (Å²) >= 11 is 0. The average Bonchev–Trinajstić information content (AvgIpc) is 3.48. The van der Waals surface area contributed by atoms with Crippen LogP contribution in [0.1, 0.15) is 68.6 Å². The van der Waals surface area contributed by atoms with E-state index in [0.29, 0.717) is 31.6 Å². The lowest BCUT2D eigenvalue weighted by atomic mass is 9.90. The van der Waals surface area contributed by atoms with Gasteiger partial charge in [0.2, 0.25) is 0 Å². The molecule has 1 saturated carbocycles. The van der Waals surface area contributed by atoms with Crippen LogP contribution in [0.3, 0.4) is 0 Å². The summed E-state index contributed by atoms with van der Waals surface area (Å²) in [5.74, 6) is -1.34. The van der Waals surface area contributed by atoms with Crippen LogP contribution in [0.15, 0.2) is 42.5 Å². The molecular weight excluding hydrogens is 408 g/mol. The van der Waals surface area contributed by atoms with Crippen molar-refractivity contribution in [2.24, 2.45) is 11.8 Å². The number of hydrogen-bond acceptors (Lipinski definition) is 6. The Kier molecular flexibility index (Phi) is 7.63. The van der Waals surface area contributed by atoms with E-state index >= 15 is 0 Å². The van der Waals surface area contributed by atoms with Gasteiger partial charge in [-0.25, -0.2) is 4.79 Å². The lowest BCUT2D eigenvalue weighted by molar-refractivity contribution is -0.141. The molecule has 2 heterocycles. The lowest BCUT2D eigenvalue weighted by Gasteiger charge is -2.26. The van der Waals surface area contributed by atoms with E-state index in [-0.39, 0.29) is 36.0 Å². The van der Waals surface area contributed by atoms with Gasteiger partial charge in [0.05, 0.1) is 25.2 Å². The van der Waals surface area contributed by atoms with Gasteiger partial charge < -0.3 is 18.9 Å². The standard InChI is InChI=1S/C26H34O6/c1-2-3-4-5-9-13-26(29-15-16-30-26)14-12-20-21-17-24(27)31-23(21)18-22(20)32-25(28)19-10-7-6-8-11-19/h6-8,10-12,14,20-23H,2-5,9,13,15-18H2,1H3/b14-12+/t20-,21-,22-,23+/m1/s1. The van der Waals surface area contributed by atoms with Gasteiger partial charge in [-0.3, -0.25) is 4.79 Å². The summed E-state index contributed by atoms with van der Waals surface area (Å²) in [6.07, 6.45) is 11.1. The molecular formula is C26H34O6. The highest BCUT2D eigenvalue weighted by molar-refractivity contribution is 5.89. The molecule has 0 bridgehead atoms. The molecule has 2 saturated heterocycles. The van der Waals surface area contributed by atoms with E-state index < -0.39 is 5.79 Å². The normalized spacial score (nSPS) is 28.7. The van der Waals surface area contributed by atoms with Gasteiger partial charge in [0.15, 0.2) is 5.79 Å². The fraction of sp³-hybridized carbons (Fsp3) is 0.615. The number of hydrogen-bond donors (Lipinski definition) is 0. The summed E-state index contributed by atoms with van der Waals surface area (Å²) in [6.45, 7) is 3.36. The van der Waals surface area contributed by atoms with E-state index in [0.717, 1.165) is 19.3 Å². The highest BCUT2D eigenvalue weighted by Crippen LogP contribution is 2.44. The number of carbonyl (C=O) groups excluding carboxylic acids is 2. The third kappa shape index (κ3) is 5.41. The highest BCUT2D eigenvalue weighted by Gasteiger charge is 2.51. The topological polar surface area (TPSA) is 71.1 Å². The maximum Gasteiger partial charge on any atom is 0.338 e. The molecule has 0 unspecified atom stereocenters. The second-order valence-electron chi connectivity index (χ2n) is 9.05. The molecule has 174 valence electrons. The first-order valence-corrected chi connectivity index (χ1v) is 12.0. The fourth-order valence-corrected chi connectivity index (χ4v) is 5.10. The van der Waals surface area contributed by atoms with Crippen molar-refractivity contribution in [3.63, 3.8) is 0 Å². The van der Waals surface area contributed by atoms with Gasteiger partial charge in [0.1, 0.15) is 12.2 Å². The molecule has 3 aliphatic rings. The maximum atomic E-state index is 12.7. The predicted molar refractivity (Wildman–Crippen MR) is 119 cm³/mol. The van der Waals surface area contributed by atoms with Gasteiger partial charge in [-0.15, -0.1) is 0 Å².